The largest absolute Gasteiger partial charge is 0.480 e. The van der Waals surface area contributed by atoms with E-state index in [1.165, 1.54) is 30.3 Å². The summed E-state index contributed by atoms with van der Waals surface area (Å²) in [7, 11) is 0. The Balaban J connectivity index is 1.88. The lowest BCUT2D eigenvalue weighted by molar-refractivity contribution is -0.384. The van der Waals surface area contributed by atoms with Crippen molar-refractivity contribution < 1.29 is 19.2 Å². The number of carbonyl (C=O) groups excluding carboxylic acids is 1. The molecule has 2 aromatic carbocycles. The van der Waals surface area contributed by atoms with E-state index in [1.54, 1.807) is 6.07 Å². The number of hydrogen-bond acceptors (Lipinski definition) is 5. The molecule has 0 unspecified atom stereocenters. The van der Waals surface area contributed by atoms with Crippen LogP contribution in [0.25, 0.3) is 0 Å². The quantitative estimate of drug-likeness (QED) is 0.406. The highest BCUT2D eigenvalue weighted by atomic mass is 35.5. The van der Waals surface area contributed by atoms with Crippen molar-refractivity contribution in [2.24, 2.45) is 0 Å². The molecule has 0 aliphatic carbocycles. The van der Waals surface area contributed by atoms with Crippen LogP contribution in [0.4, 0.5) is 5.69 Å². The SMILES string of the molecule is O=C(COc1ccc(Cl)cc1Cl)OCc1ccc([N+](=O)[O-])cc1Cl. The number of nitro benzene ring substituents is 1. The van der Waals surface area contributed by atoms with Crippen LogP contribution in [0.1, 0.15) is 5.56 Å². The average Bonchev–Trinajstić information content (AvgIpc) is 2.52. The lowest BCUT2D eigenvalue weighted by atomic mass is 10.2. The molecule has 0 heterocycles. The van der Waals surface area contributed by atoms with Crippen molar-refractivity contribution in [1.29, 1.82) is 0 Å². The number of rotatable bonds is 6. The number of halogens is 3. The molecule has 0 bridgehead atoms. The zero-order valence-corrected chi connectivity index (χ0v) is 14.3. The van der Waals surface area contributed by atoms with E-state index in [4.69, 9.17) is 44.3 Å². The fraction of sp³-hybridized carbons (Fsp3) is 0.133. The zero-order valence-electron chi connectivity index (χ0n) is 12.0. The molecular formula is C15H10Cl3NO5. The number of esters is 1. The highest BCUT2D eigenvalue weighted by molar-refractivity contribution is 6.35. The topological polar surface area (TPSA) is 78.7 Å². The summed E-state index contributed by atoms with van der Waals surface area (Å²) in [4.78, 5) is 21.7. The van der Waals surface area contributed by atoms with E-state index in [9.17, 15) is 14.9 Å². The van der Waals surface area contributed by atoms with Gasteiger partial charge in [-0.1, -0.05) is 34.8 Å². The molecule has 9 heteroatoms. The van der Waals surface area contributed by atoms with E-state index in [-0.39, 0.29) is 28.9 Å². The van der Waals surface area contributed by atoms with Gasteiger partial charge in [-0.15, -0.1) is 0 Å². The second-order valence-corrected chi connectivity index (χ2v) is 5.81. The highest BCUT2D eigenvalue weighted by Crippen LogP contribution is 2.27. The molecule has 24 heavy (non-hydrogen) atoms. The van der Waals surface area contributed by atoms with Crippen LogP contribution in [-0.4, -0.2) is 17.5 Å². The molecule has 0 radical (unpaired) electrons. The van der Waals surface area contributed by atoms with Crippen LogP contribution in [0.15, 0.2) is 36.4 Å². The van der Waals surface area contributed by atoms with Crippen molar-refractivity contribution in [2.45, 2.75) is 6.61 Å². The molecule has 2 rings (SSSR count). The van der Waals surface area contributed by atoms with Gasteiger partial charge in [-0.05, 0) is 24.3 Å². The number of hydrogen-bond donors (Lipinski definition) is 0. The Hall–Kier alpha value is -2.02. The third-order valence-electron chi connectivity index (χ3n) is 2.88. The van der Waals surface area contributed by atoms with Crippen LogP contribution in [0, 0.1) is 10.1 Å². The number of non-ortho nitro benzene ring substituents is 1. The summed E-state index contributed by atoms with van der Waals surface area (Å²) in [6.45, 7) is -0.487. The van der Waals surface area contributed by atoms with Crippen LogP contribution in [0.5, 0.6) is 5.75 Å². The van der Waals surface area contributed by atoms with Gasteiger partial charge in [0.05, 0.1) is 15.0 Å². The molecule has 0 atom stereocenters. The lowest BCUT2D eigenvalue weighted by Gasteiger charge is -2.09. The highest BCUT2D eigenvalue weighted by Gasteiger charge is 2.12. The lowest BCUT2D eigenvalue weighted by Crippen LogP contribution is -2.15. The normalized spacial score (nSPS) is 10.3. The number of benzene rings is 2. The van der Waals surface area contributed by atoms with Crippen LogP contribution >= 0.6 is 34.8 Å². The van der Waals surface area contributed by atoms with Gasteiger partial charge in [-0.25, -0.2) is 4.79 Å². The number of nitrogens with zero attached hydrogens (tertiary/aromatic N) is 1. The van der Waals surface area contributed by atoms with Crippen molar-refractivity contribution in [3.05, 3.63) is 67.1 Å². The van der Waals surface area contributed by atoms with Crippen LogP contribution in [0.3, 0.4) is 0 Å². The molecular weight excluding hydrogens is 381 g/mol. The van der Waals surface area contributed by atoms with Gasteiger partial charge in [0.25, 0.3) is 5.69 Å². The minimum atomic E-state index is -0.643. The molecule has 0 N–H and O–H groups in total. The Bertz CT molecular complexity index is 782. The maximum absolute atomic E-state index is 11.7. The van der Waals surface area contributed by atoms with Gasteiger partial charge in [0, 0.05) is 22.7 Å². The fourth-order valence-corrected chi connectivity index (χ4v) is 2.39. The van der Waals surface area contributed by atoms with Crippen molar-refractivity contribution in [2.75, 3.05) is 6.61 Å². The number of carbonyl (C=O) groups is 1. The molecule has 0 saturated carbocycles. The summed E-state index contributed by atoms with van der Waals surface area (Å²) >= 11 is 17.6. The third-order valence-corrected chi connectivity index (χ3v) is 3.76. The summed E-state index contributed by atoms with van der Waals surface area (Å²) in [5.41, 5.74) is 0.302. The van der Waals surface area contributed by atoms with Crippen molar-refractivity contribution in [1.82, 2.24) is 0 Å². The monoisotopic (exact) mass is 389 g/mol. The summed E-state index contributed by atoms with van der Waals surface area (Å²) in [5.74, 6) is -0.346. The maximum Gasteiger partial charge on any atom is 0.344 e. The summed E-state index contributed by atoms with van der Waals surface area (Å²) in [6, 6.07) is 8.48. The Morgan fingerprint density at radius 3 is 2.46 bits per heavy atom. The van der Waals surface area contributed by atoms with E-state index in [1.807, 2.05) is 0 Å². The second kappa shape index (κ2) is 8.19. The molecule has 0 aliphatic heterocycles. The predicted molar refractivity (Wildman–Crippen MR) is 89.9 cm³/mol. The smallest absolute Gasteiger partial charge is 0.344 e. The average molecular weight is 391 g/mol. The first-order chi connectivity index (χ1) is 11.4. The Morgan fingerprint density at radius 2 is 1.83 bits per heavy atom. The molecule has 0 aromatic heterocycles. The predicted octanol–water partition coefficient (Wildman–Crippen LogP) is 4.68. The third kappa shape index (κ3) is 4.99. The van der Waals surface area contributed by atoms with E-state index < -0.39 is 10.9 Å². The van der Waals surface area contributed by atoms with Crippen molar-refractivity contribution in [3.8, 4) is 5.75 Å². The molecule has 0 spiro atoms. The second-order valence-electron chi connectivity index (χ2n) is 4.56. The molecule has 0 fully saturated rings. The van der Waals surface area contributed by atoms with Gasteiger partial charge < -0.3 is 9.47 Å². The van der Waals surface area contributed by atoms with Gasteiger partial charge in [0.2, 0.25) is 0 Å². The Kier molecular flexibility index (Phi) is 6.25. The molecule has 0 aliphatic rings. The van der Waals surface area contributed by atoms with Crippen LogP contribution < -0.4 is 4.74 Å². The van der Waals surface area contributed by atoms with Gasteiger partial charge >= 0.3 is 5.97 Å². The molecule has 6 nitrogen and oxygen atoms in total. The summed E-state index contributed by atoms with van der Waals surface area (Å²) < 4.78 is 10.2. The fourth-order valence-electron chi connectivity index (χ4n) is 1.70. The minimum absolute atomic E-state index is 0.132. The summed E-state index contributed by atoms with van der Waals surface area (Å²) in [6.07, 6.45) is 0. The Morgan fingerprint density at radius 1 is 1.08 bits per heavy atom. The molecule has 126 valence electrons. The molecule has 2 aromatic rings. The van der Waals surface area contributed by atoms with Gasteiger partial charge in [0.15, 0.2) is 6.61 Å². The number of ether oxygens (including phenoxy) is 2. The van der Waals surface area contributed by atoms with Gasteiger partial charge in [0.1, 0.15) is 12.4 Å². The maximum atomic E-state index is 11.7. The van der Waals surface area contributed by atoms with E-state index in [2.05, 4.69) is 0 Å². The van der Waals surface area contributed by atoms with Crippen molar-refractivity contribution >= 4 is 46.5 Å². The zero-order chi connectivity index (χ0) is 17.7. The van der Waals surface area contributed by atoms with Crippen LogP contribution in [0.2, 0.25) is 15.1 Å². The first-order valence-electron chi connectivity index (χ1n) is 6.53. The van der Waals surface area contributed by atoms with E-state index in [0.717, 1.165) is 0 Å². The van der Waals surface area contributed by atoms with Crippen molar-refractivity contribution in [3.63, 3.8) is 0 Å². The summed E-state index contributed by atoms with van der Waals surface area (Å²) in [5, 5.41) is 11.5. The molecule has 0 saturated heterocycles. The first-order valence-corrected chi connectivity index (χ1v) is 7.66. The first kappa shape index (κ1) is 18.3. The van der Waals surface area contributed by atoms with E-state index in [0.29, 0.717) is 16.3 Å². The van der Waals surface area contributed by atoms with E-state index >= 15 is 0 Å². The van der Waals surface area contributed by atoms with Gasteiger partial charge in [-0.3, -0.25) is 10.1 Å². The van der Waals surface area contributed by atoms with Crippen LogP contribution in [-0.2, 0) is 16.1 Å². The van der Waals surface area contributed by atoms with Gasteiger partial charge in [-0.2, -0.15) is 0 Å². The minimum Gasteiger partial charge on any atom is -0.480 e. The number of nitro groups is 1. The molecule has 0 amide bonds. The Labute approximate surface area is 152 Å². The standard InChI is InChI=1S/C15H10Cl3NO5/c16-10-2-4-14(13(18)5-10)23-8-15(20)24-7-9-1-3-11(19(21)22)6-12(9)17/h1-6H,7-8H2.